The lowest BCUT2D eigenvalue weighted by molar-refractivity contribution is 0.393. The van der Waals surface area contributed by atoms with E-state index < -0.39 is 0 Å². The summed E-state index contributed by atoms with van der Waals surface area (Å²) in [7, 11) is 0. The van der Waals surface area contributed by atoms with Crippen molar-refractivity contribution in [2.75, 3.05) is 19.6 Å². The lowest BCUT2D eigenvalue weighted by Crippen LogP contribution is -2.26. The maximum absolute atomic E-state index is 5.83. The minimum absolute atomic E-state index is 0.526. The first-order valence-electron chi connectivity index (χ1n) is 9.60. The molecule has 0 aliphatic carbocycles. The number of amidine groups is 1. The van der Waals surface area contributed by atoms with Crippen molar-refractivity contribution < 1.29 is 0 Å². The molecule has 0 spiro atoms. The van der Waals surface area contributed by atoms with Crippen molar-refractivity contribution in [1.82, 2.24) is 14.9 Å². The second-order valence-corrected chi connectivity index (χ2v) is 7.14. The Balaban J connectivity index is 1.55. The molecular weight excluding hydrogens is 350 g/mol. The zero-order chi connectivity index (χ0) is 19.5. The number of benzene rings is 1. The fraction of sp³-hybridized carbons (Fsp3) is 0.333. The number of nitrogens with zero attached hydrogens (tertiary/aromatic N) is 6. The van der Waals surface area contributed by atoms with Crippen LogP contribution in [0.5, 0.6) is 0 Å². The second-order valence-electron chi connectivity index (χ2n) is 7.14. The molecule has 2 aliphatic rings. The van der Waals surface area contributed by atoms with Gasteiger partial charge in [0.1, 0.15) is 11.5 Å². The molecular formula is C21H25N7. The van der Waals surface area contributed by atoms with Gasteiger partial charge < -0.3 is 10.6 Å². The molecule has 1 aromatic carbocycles. The number of hydrogen-bond donors (Lipinski definition) is 1. The topological polar surface area (TPSA) is 82.5 Å². The van der Waals surface area contributed by atoms with Crippen LogP contribution in [0.1, 0.15) is 18.9 Å². The van der Waals surface area contributed by atoms with Gasteiger partial charge in [-0.25, -0.2) is 10.0 Å². The Labute approximate surface area is 164 Å². The number of nitrogens with two attached hydrogens (primary N) is 1. The number of fused-ring (bicyclic) bond motifs is 1. The quantitative estimate of drug-likeness (QED) is 0.867. The van der Waals surface area contributed by atoms with Crippen LogP contribution in [-0.2, 0) is 6.54 Å². The molecule has 2 aliphatic heterocycles. The molecule has 0 radical (unpaired) electrons. The van der Waals surface area contributed by atoms with E-state index in [2.05, 4.69) is 45.0 Å². The van der Waals surface area contributed by atoms with Gasteiger partial charge in [-0.2, -0.15) is 0 Å². The largest absolute Gasteiger partial charge is 0.356 e. The molecule has 0 bridgehead atoms. The van der Waals surface area contributed by atoms with Crippen LogP contribution in [0.3, 0.4) is 0 Å². The van der Waals surface area contributed by atoms with E-state index in [9.17, 15) is 0 Å². The third-order valence-electron chi connectivity index (χ3n) is 5.20. The minimum atomic E-state index is 0.526. The third-order valence-corrected chi connectivity index (χ3v) is 5.20. The molecule has 2 aromatic rings. The van der Waals surface area contributed by atoms with E-state index in [-0.39, 0.29) is 0 Å². The van der Waals surface area contributed by atoms with Crippen molar-refractivity contribution in [2.45, 2.75) is 19.9 Å². The SMILES string of the molecule is C=C1N=NN(Cc2ccc3ncccc3c2)/C1=N/C(=C\C)N1CC[C@H](CN)C1. The highest BCUT2D eigenvalue weighted by Crippen LogP contribution is 2.25. The molecule has 1 aromatic heterocycles. The first kappa shape index (κ1) is 18.3. The summed E-state index contributed by atoms with van der Waals surface area (Å²) < 4.78 is 0. The number of pyridine rings is 1. The van der Waals surface area contributed by atoms with Gasteiger partial charge in [-0.1, -0.05) is 23.9 Å². The van der Waals surface area contributed by atoms with Crippen LogP contribution >= 0.6 is 0 Å². The molecule has 0 unspecified atom stereocenters. The van der Waals surface area contributed by atoms with Crippen molar-refractivity contribution in [3.63, 3.8) is 0 Å². The molecule has 0 saturated carbocycles. The highest BCUT2D eigenvalue weighted by molar-refractivity contribution is 5.98. The summed E-state index contributed by atoms with van der Waals surface area (Å²) in [5, 5.41) is 11.3. The van der Waals surface area contributed by atoms with Gasteiger partial charge in [0, 0.05) is 24.7 Å². The zero-order valence-corrected chi connectivity index (χ0v) is 16.1. The van der Waals surface area contributed by atoms with E-state index in [1.807, 2.05) is 25.1 Å². The lowest BCUT2D eigenvalue weighted by Gasteiger charge is -2.21. The van der Waals surface area contributed by atoms with Crippen LogP contribution in [0.25, 0.3) is 10.9 Å². The van der Waals surface area contributed by atoms with Gasteiger partial charge in [0.05, 0.1) is 12.1 Å². The Kier molecular flexibility index (Phi) is 5.16. The summed E-state index contributed by atoms with van der Waals surface area (Å²) >= 11 is 0. The van der Waals surface area contributed by atoms with E-state index in [0.29, 0.717) is 30.5 Å². The van der Waals surface area contributed by atoms with E-state index in [0.717, 1.165) is 41.8 Å². The molecule has 7 heteroatoms. The molecule has 144 valence electrons. The fourth-order valence-electron chi connectivity index (χ4n) is 3.63. The molecule has 4 rings (SSSR count). The fourth-order valence-corrected chi connectivity index (χ4v) is 3.63. The molecule has 1 atom stereocenters. The predicted octanol–water partition coefficient (Wildman–Crippen LogP) is 3.47. The van der Waals surface area contributed by atoms with Crippen LogP contribution in [0.2, 0.25) is 0 Å². The summed E-state index contributed by atoms with van der Waals surface area (Å²) in [6.07, 6.45) is 4.93. The first-order valence-corrected chi connectivity index (χ1v) is 9.60. The van der Waals surface area contributed by atoms with Crippen molar-refractivity contribution in [1.29, 1.82) is 0 Å². The van der Waals surface area contributed by atoms with Crippen LogP contribution in [0.4, 0.5) is 0 Å². The average Bonchev–Trinajstić information content (AvgIpc) is 3.33. The number of rotatable bonds is 5. The monoisotopic (exact) mass is 375 g/mol. The Bertz CT molecular complexity index is 976. The molecule has 1 saturated heterocycles. The van der Waals surface area contributed by atoms with Gasteiger partial charge in [-0.05, 0) is 55.6 Å². The van der Waals surface area contributed by atoms with E-state index >= 15 is 0 Å². The predicted molar refractivity (Wildman–Crippen MR) is 111 cm³/mol. The van der Waals surface area contributed by atoms with Crippen molar-refractivity contribution in [3.8, 4) is 0 Å². The van der Waals surface area contributed by atoms with E-state index in [1.165, 1.54) is 0 Å². The average molecular weight is 375 g/mol. The Morgan fingerprint density at radius 3 is 3.07 bits per heavy atom. The maximum Gasteiger partial charge on any atom is 0.180 e. The highest BCUT2D eigenvalue weighted by Gasteiger charge is 2.26. The van der Waals surface area contributed by atoms with Crippen LogP contribution in [0.15, 0.2) is 76.0 Å². The highest BCUT2D eigenvalue weighted by atomic mass is 15.6. The molecule has 3 heterocycles. The lowest BCUT2D eigenvalue weighted by atomic mass is 10.1. The second kappa shape index (κ2) is 7.90. The third kappa shape index (κ3) is 3.66. The van der Waals surface area contributed by atoms with Crippen molar-refractivity contribution in [3.05, 3.63) is 66.3 Å². The Hall–Kier alpha value is -3.06. The van der Waals surface area contributed by atoms with E-state index in [1.54, 1.807) is 11.2 Å². The molecule has 0 amide bonds. The van der Waals surface area contributed by atoms with Crippen LogP contribution in [-0.4, -0.2) is 40.4 Å². The van der Waals surface area contributed by atoms with Gasteiger partial charge in [0.25, 0.3) is 0 Å². The van der Waals surface area contributed by atoms with Crippen LogP contribution < -0.4 is 5.73 Å². The Morgan fingerprint density at radius 1 is 1.39 bits per heavy atom. The van der Waals surface area contributed by atoms with Gasteiger partial charge in [-0.3, -0.25) is 4.98 Å². The first-order chi connectivity index (χ1) is 13.7. The Morgan fingerprint density at radius 2 is 2.29 bits per heavy atom. The summed E-state index contributed by atoms with van der Waals surface area (Å²) in [6.45, 7) is 9.21. The normalized spacial score (nSPS) is 21.5. The van der Waals surface area contributed by atoms with Gasteiger partial charge in [0.15, 0.2) is 5.84 Å². The van der Waals surface area contributed by atoms with Gasteiger partial charge in [-0.15, -0.1) is 5.11 Å². The number of aromatic nitrogens is 1. The van der Waals surface area contributed by atoms with Crippen molar-refractivity contribution in [2.24, 2.45) is 27.0 Å². The number of hydrogen-bond acceptors (Lipinski definition) is 6. The summed E-state index contributed by atoms with van der Waals surface area (Å²) in [4.78, 5) is 11.5. The van der Waals surface area contributed by atoms with Gasteiger partial charge >= 0.3 is 0 Å². The summed E-state index contributed by atoms with van der Waals surface area (Å²) in [6, 6.07) is 10.2. The van der Waals surface area contributed by atoms with Gasteiger partial charge in [0.2, 0.25) is 0 Å². The smallest absolute Gasteiger partial charge is 0.180 e. The standard InChI is InChI=1S/C21H25N7/c1-3-20(27-10-8-17(12-22)13-27)24-21-15(2)25-26-28(21)14-16-6-7-19-18(11-16)5-4-9-23-19/h3-7,9,11,17H,2,8,10,12-14,22H2,1H3/b20-3+,24-21+/t17-/m1/s1. The molecule has 7 nitrogen and oxygen atoms in total. The number of allylic oxidation sites excluding steroid dienone is 1. The minimum Gasteiger partial charge on any atom is -0.356 e. The molecule has 2 N–H and O–H groups in total. The summed E-state index contributed by atoms with van der Waals surface area (Å²) in [5.74, 6) is 2.14. The van der Waals surface area contributed by atoms with Crippen molar-refractivity contribution >= 4 is 16.7 Å². The molecule has 28 heavy (non-hydrogen) atoms. The zero-order valence-electron chi connectivity index (χ0n) is 16.1. The van der Waals surface area contributed by atoms with Crippen LogP contribution in [0, 0.1) is 5.92 Å². The number of likely N-dealkylation sites (tertiary alicyclic amines) is 1. The number of aliphatic imine (C=N–C) groups is 1. The van der Waals surface area contributed by atoms with E-state index in [4.69, 9.17) is 10.7 Å². The maximum atomic E-state index is 5.83. The summed E-state index contributed by atoms with van der Waals surface area (Å²) in [5.41, 5.74) is 8.51. The molecule has 1 fully saturated rings.